The molecule has 0 aromatic heterocycles. The molecule has 0 saturated heterocycles. The third-order valence-corrected chi connectivity index (χ3v) is 12.6. The molecule has 8 rings (SSSR count). The maximum atomic E-state index is 9.89. The summed E-state index contributed by atoms with van der Waals surface area (Å²) in [5.41, 5.74) is 28.9. The van der Waals surface area contributed by atoms with Crippen LogP contribution in [0, 0.1) is 45.3 Å². The molecule has 0 saturated carbocycles. The fourth-order valence-electron chi connectivity index (χ4n) is 7.49. The van der Waals surface area contributed by atoms with E-state index < -0.39 is 0 Å². The number of phenolic OH excluding ortho intramolecular Hbond substituents is 1. The summed E-state index contributed by atoms with van der Waals surface area (Å²) in [6.45, 7) is 1.70. The van der Waals surface area contributed by atoms with Gasteiger partial charge in [-0.05, 0) is 185 Å². The number of aromatic hydroxyl groups is 1. The first kappa shape index (κ1) is 69.2. The van der Waals surface area contributed by atoms with E-state index >= 15 is 0 Å². The van der Waals surface area contributed by atoms with E-state index in [2.05, 4.69) is 15.9 Å². The van der Waals surface area contributed by atoms with Gasteiger partial charge in [0.2, 0.25) is 0 Å². The first-order valence-electron chi connectivity index (χ1n) is 26.1. The van der Waals surface area contributed by atoms with Gasteiger partial charge in [-0.1, -0.05) is 80.5 Å². The second-order valence-corrected chi connectivity index (χ2v) is 20.3. The van der Waals surface area contributed by atoms with Crippen molar-refractivity contribution < 1.29 is 38.3 Å². The van der Waals surface area contributed by atoms with Crippen molar-refractivity contribution in [3.63, 3.8) is 0 Å². The zero-order valence-corrected chi connectivity index (χ0v) is 51.9. The molecule has 0 aliphatic carbocycles. The number of phenols is 1. The fourth-order valence-corrected chi connectivity index (χ4v) is 8.59. The SMILES string of the molecule is COc1cc(CN)ccc1Oc1cc(Cl)cc(/C=C/C#N)c1.COc1cc(N)ccc1Oc1cc(Cl)cc(/C=C/C#N)c1.N#C/C=C/c1cc(Cl)cc(Oc2ccc(CN)cc2O)c1.N#C/C=C/c1cc(Cl)cc(Oc2ccc(CN)cc2OCCBr)c1. The molecule has 0 atom stereocenters. The molecule has 0 heterocycles. The summed E-state index contributed by atoms with van der Waals surface area (Å²) in [4.78, 5) is 0. The van der Waals surface area contributed by atoms with Crippen molar-refractivity contribution in [1.82, 2.24) is 0 Å². The number of ether oxygens (including phenoxy) is 7. The maximum Gasteiger partial charge on any atom is 0.169 e. The van der Waals surface area contributed by atoms with Gasteiger partial charge in [0, 0.05) is 81.1 Å². The minimum atomic E-state index is 0.00652. The minimum absolute atomic E-state index is 0.00652. The lowest BCUT2D eigenvalue weighted by Gasteiger charge is -2.14. The van der Waals surface area contributed by atoms with Gasteiger partial charge in [0.1, 0.15) is 23.0 Å². The number of anilines is 1. The van der Waals surface area contributed by atoms with Crippen LogP contribution >= 0.6 is 62.3 Å². The molecule has 448 valence electrons. The van der Waals surface area contributed by atoms with E-state index in [4.69, 9.17) is 124 Å². The Morgan fingerprint density at radius 2 is 0.739 bits per heavy atom. The monoisotopic (exact) mass is 1320 g/mol. The van der Waals surface area contributed by atoms with Crippen LogP contribution < -0.4 is 56.1 Å². The molecule has 9 N–H and O–H groups in total. The summed E-state index contributed by atoms with van der Waals surface area (Å²) in [6.07, 6.45) is 12.1. The Balaban J connectivity index is 0.000000214. The van der Waals surface area contributed by atoms with Crippen LogP contribution in [0.1, 0.15) is 38.9 Å². The average Bonchev–Trinajstić information content (AvgIpc) is 3.48. The lowest BCUT2D eigenvalue weighted by atomic mass is 10.2. The highest BCUT2D eigenvalue weighted by atomic mass is 79.9. The highest BCUT2D eigenvalue weighted by molar-refractivity contribution is 9.09. The van der Waals surface area contributed by atoms with Crippen molar-refractivity contribution in [2.75, 3.05) is 31.9 Å². The predicted octanol–water partition coefficient (Wildman–Crippen LogP) is 17.1. The van der Waals surface area contributed by atoms with Crippen LogP contribution in [0.25, 0.3) is 24.3 Å². The lowest BCUT2D eigenvalue weighted by molar-refractivity contribution is 0.325. The normalized spacial score (nSPS) is 10.5. The first-order valence-corrected chi connectivity index (χ1v) is 28.7. The van der Waals surface area contributed by atoms with Gasteiger partial charge in [-0.25, -0.2) is 0 Å². The molecule has 0 unspecified atom stereocenters. The highest BCUT2D eigenvalue weighted by Gasteiger charge is 2.13. The number of nitriles is 4. The Labute approximate surface area is 539 Å². The number of hydrogen-bond donors (Lipinski definition) is 5. The predicted molar refractivity (Wildman–Crippen MR) is 353 cm³/mol. The smallest absolute Gasteiger partial charge is 0.169 e. The molecule has 0 amide bonds. The van der Waals surface area contributed by atoms with E-state index in [1.807, 2.05) is 54.6 Å². The molecule has 88 heavy (non-hydrogen) atoms. The number of allylic oxidation sites excluding steroid dienone is 4. The van der Waals surface area contributed by atoms with Crippen LogP contribution in [0.2, 0.25) is 20.1 Å². The number of rotatable bonds is 20. The van der Waals surface area contributed by atoms with Crippen LogP contribution in [-0.4, -0.2) is 31.3 Å². The Morgan fingerprint density at radius 3 is 1.08 bits per heavy atom. The summed E-state index contributed by atoms with van der Waals surface area (Å²) in [6, 6.07) is 49.6. The number of alkyl halides is 1. The third kappa shape index (κ3) is 23.3. The molecule has 8 aromatic carbocycles. The summed E-state index contributed by atoms with van der Waals surface area (Å²) in [5, 5.41) is 47.0. The largest absolute Gasteiger partial charge is 0.504 e. The number of hydrogen-bond acceptors (Lipinski definition) is 16. The van der Waals surface area contributed by atoms with Crippen LogP contribution in [0.15, 0.2) is 170 Å². The van der Waals surface area contributed by atoms with Crippen LogP contribution in [0.3, 0.4) is 0 Å². The van der Waals surface area contributed by atoms with Crippen LogP contribution in [-0.2, 0) is 19.6 Å². The Bertz CT molecular complexity index is 3970. The second kappa shape index (κ2) is 37.1. The zero-order valence-electron chi connectivity index (χ0n) is 47.3. The third-order valence-electron chi connectivity index (χ3n) is 11.4. The van der Waals surface area contributed by atoms with Crippen molar-refractivity contribution in [1.29, 1.82) is 21.0 Å². The second-order valence-electron chi connectivity index (χ2n) is 17.8. The number of methoxy groups -OCH3 is 2. The van der Waals surface area contributed by atoms with Crippen LogP contribution in [0.5, 0.6) is 69.0 Å². The number of nitrogens with two attached hydrogens (primary N) is 4. The van der Waals surface area contributed by atoms with Crippen molar-refractivity contribution in [3.05, 3.63) is 229 Å². The fraction of sp³-hybridized carbons (Fsp3) is 0.104. The van der Waals surface area contributed by atoms with E-state index in [1.54, 1.807) is 154 Å². The first-order chi connectivity index (χ1) is 42.5. The van der Waals surface area contributed by atoms with E-state index in [-0.39, 0.29) is 5.75 Å². The standard InChI is InChI=1S/C18H16BrClN2O2.C17H15ClN2O2.2C16H13ClN2O2/c19-5-7-23-18-10-14(12-22)3-4-17(18)24-16-9-13(2-1-6-21)8-15(20)11-16;1-21-17-9-13(11-20)4-5-16(17)22-15-8-12(3-2-6-19)7-14(18)10-15;1-20-16-10-13(19)4-5-15(16)21-14-8-11(3-2-6-18)7-12(17)9-14;17-13-6-11(2-1-5-18)7-14(9-13)21-16-4-3-12(10-19)8-15(16)20/h1-4,8-11H,5,7,12,22H2;2-5,7-10H,11,20H2,1H3;2-5,7-10H,19H2,1H3;1-4,6-9,20H,10,19H2/b2-1+;2*3-2+;2-1+. The quantitative estimate of drug-likeness (QED) is 0.0269. The van der Waals surface area contributed by atoms with Gasteiger partial charge < -0.3 is 61.2 Å². The summed E-state index contributed by atoms with van der Waals surface area (Å²) >= 11 is 27.6. The van der Waals surface area contributed by atoms with Crippen molar-refractivity contribution in [2.45, 2.75) is 19.6 Å². The molecule has 8 aromatic rings. The molecular weight excluding hydrogens is 1270 g/mol. The van der Waals surface area contributed by atoms with Gasteiger partial charge in [0.05, 0.1) is 45.1 Å². The zero-order chi connectivity index (χ0) is 63.8. The average molecular weight is 1320 g/mol. The Morgan fingerprint density at radius 1 is 0.420 bits per heavy atom. The van der Waals surface area contributed by atoms with E-state index in [9.17, 15) is 5.11 Å². The molecule has 0 aliphatic heterocycles. The van der Waals surface area contributed by atoms with E-state index in [1.165, 1.54) is 24.3 Å². The van der Waals surface area contributed by atoms with Gasteiger partial charge in [0.25, 0.3) is 0 Å². The van der Waals surface area contributed by atoms with Gasteiger partial charge >= 0.3 is 0 Å². The summed E-state index contributed by atoms with van der Waals surface area (Å²) in [5.74, 6) is 5.86. The van der Waals surface area contributed by atoms with Gasteiger partial charge in [0.15, 0.2) is 46.0 Å². The molecular formula is C67H57BrCl4N8O8. The molecule has 0 fully saturated rings. The minimum Gasteiger partial charge on any atom is -0.504 e. The topological polar surface area (TPSA) is 284 Å². The molecule has 0 spiro atoms. The van der Waals surface area contributed by atoms with Crippen molar-refractivity contribution >= 4 is 92.3 Å². The molecule has 0 bridgehead atoms. The molecule has 21 heteroatoms. The number of nitrogen functional groups attached to an aromatic ring is 1. The number of nitrogens with zero attached hydrogens (tertiary/aromatic N) is 4. The molecule has 0 aliphatic rings. The Kier molecular flexibility index (Phi) is 29.1. The van der Waals surface area contributed by atoms with Crippen molar-refractivity contribution in [2.24, 2.45) is 17.2 Å². The lowest BCUT2D eigenvalue weighted by Crippen LogP contribution is -2.02. The van der Waals surface area contributed by atoms with Gasteiger partial charge in [-0.15, -0.1) is 0 Å². The Hall–Kier alpha value is -9.60. The molecule has 16 nitrogen and oxygen atoms in total. The number of benzene rings is 8. The molecule has 0 radical (unpaired) electrons. The van der Waals surface area contributed by atoms with Gasteiger partial charge in [-0.3, -0.25) is 0 Å². The van der Waals surface area contributed by atoms with Crippen LogP contribution in [0.4, 0.5) is 5.69 Å². The van der Waals surface area contributed by atoms with E-state index in [0.717, 1.165) is 38.9 Å². The van der Waals surface area contributed by atoms with E-state index in [0.29, 0.717) is 121 Å². The summed E-state index contributed by atoms with van der Waals surface area (Å²) in [7, 11) is 3.11. The van der Waals surface area contributed by atoms with Crippen molar-refractivity contribution in [3.8, 4) is 93.3 Å². The highest BCUT2D eigenvalue weighted by Crippen LogP contribution is 2.38. The number of halogens is 5. The van der Waals surface area contributed by atoms with Gasteiger partial charge in [-0.2, -0.15) is 21.0 Å². The summed E-state index contributed by atoms with van der Waals surface area (Å²) < 4.78 is 39.4. The maximum absolute atomic E-state index is 9.89.